The highest BCUT2D eigenvalue weighted by atomic mass is 32.3. The summed E-state index contributed by atoms with van der Waals surface area (Å²) in [4.78, 5) is 0. The van der Waals surface area contributed by atoms with Crippen molar-refractivity contribution < 1.29 is 30.4 Å². The minimum atomic E-state index is -5.23. The van der Waals surface area contributed by atoms with E-state index in [0.29, 0.717) is 4.72 Å². The summed E-state index contributed by atoms with van der Waals surface area (Å²) in [5, 5.41) is 0. The van der Waals surface area contributed by atoms with Crippen molar-refractivity contribution in [3.63, 3.8) is 0 Å². The van der Waals surface area contributed by atoms with Crippen LogP contribution in [0, 0.1) is 0 Å². The van der Waals surface area contributed by atoms with Crippen LogP contribution in [0.2, 0.25) is 0 Å². The number of hydrogen-bond acceptors (Lipinski definition) is 4. The van der Waals surface area contributed by atoms with Crippen LogP contribution in [0.25, 0.3) is 0 Å². The fraction of sp³-hybridized carbons (Fsp3) is 0.250. The molecule has 102 valence electrons. The molecule has 0 amide bonds. The van der Waals surface area contributed by atoms with Gasteiger partial charge in [0.15, 0.2) is 4.58 Å². The maximum absolute atomic E-state index is 12.0. The lowest BCUT2D eigenvalue weighted by Gasteiger charge is -2.21. The highest BCUT2D eigenvalue weighted by molar-refractivity contribution is 8.02. The first kappa shape index (κ1) is 15.1. The molecule has 1 aromatic carbocycles. The zero-order valence-electron chi connectivity index (χ0n) is 8.55. The molecule has 0 saturated heterocycles. The van der Waals surface area contributed by atoms with E-state index in [0.717, 1.165) is 12.1 Å². The molecule has 0 heterocycles. The second kappa shape index (κ2) is 5.34. The summed E-state index contributed by atoms with van der Waals surface area (Å²) in [5.74, 6) is 0. The van der Waals surface area contributed by atoms with Gasteiger partial charge in [0.1, 0.15) is 0 Å². The zero-order valence-corrected chi connectivity index (χ0v) is 10.2. The quantitative estimate of drug-likeness (QED) is 0.664. The van der Waals surface area contributed by atoms with Crippen molar-refractivity contribution in [3.8, 4) is 0 Å². The highest BCUT2D eigenvalue weighted by Gasteiger charge is 2.39. The second-order valence-electron chi connectivity index (χ2n) is 3.15. The van der Waals surface area contributed by atoms with Gasteiger partial charge in [-0.3, -0.25) is 4.21 Å². The van der Waals surface area contributed by atoms with E-state index in [9.17, 15) is 30.4 Å². The number of halogens is 3. The van der Waals surface area contributed by atoms with Crippen LogP contribution in [0.4, 0.5) is 13.2 Å². The molecule has 10 heteroatoms. The normalized spacial score (nSPS) is 16.2. The minimum absolute atomic E-state index is 0.275. The Morgan fingerprint density at radius 2 is 1.72 bits per heavy atom. The van der Waals surface area contributed by atoms with Crippen molar-refractivity contribution in [3.05, 3.63) is 35.9 Å². The fourth-order valence-electron chi connectivity index (χ4n) is 1.22. The fourth-order valence-corrected chi connectivity index (χ4v) is 3.51. The third-order valence-electron chi connectivity index (χ3n) is 1.79. The van der Waals surface area contributed by atoms with Gasteiger partial charge in [0.05, 0.1) is 0 Å². The molecule has 0 aliphatic heterocycles. The molecule has 1 rings (SSSR count). The van der Waals surface area contributed by atoms with Gasteiger partial charge in [-0.1, -0.05) is 30.3 Å². The maximum Gasteiger partial charge on any atom is 0.470 e. The molecular weight excluding hydrogens is 295 g/mol. The molecule has 0 radical (unpaired) electrons. The Hall–Kier alpha value is -0.970. The Balaban J connectivity index is 3.19. The molecule has 0 aliphatic carbocycles. The summed E-state index contributed by atoms with van der Waals surface area (Å²) in [5.41, 5.74) is -0.275. The smallest absolute Gasteiger partial charge is 0.470 e. The summed E-state index contributed by atoms with van der Waals surface area (Å²) in [6.07, 6.45) is -5.23. The van der Waals surface area contributed by atoms with Gasteiger partial charge >= 0.3 is 6.30 Å². The number of alkyl halides is 3. The summed E-state index contributed by atoms with van der Waals surface area (Å²) in [6, 6.07) is 6.32. The molecule has 18 heavy (non-hydrogen) atoms. The number of hydrogen-bond donors (Lipinski definition) is 1. The molecule has 1 N–H and O–H groups in total. The summed E-state index contributed by atoms with van der Waals surface area (Å²) in [6.45, 7) is 0. The van der Waals surface area contributed by atoms with E-state index in [1.807, 2.05) is 0 Å². The van der Waals surface area contributed by atoms with Crippen LogP contribution in [-0.2, 0) is 21.1 Å². The Bertz CT molecular complexity index is 529. The van der Waals surface area contributed by atoms with E-state index in [1.54, 1.807) is 0 Å². The molecule has 1 aromatic rings. The third kappa shape index (κ3) is 4.05. The first-order valence-electron chi connectivity index (χ1n) is 4.36. The van der Waals surface area contributed by atoms with Crippen LogP contribution in [0.5, 0.6) is 0 Å². The standard InChI is InChI=1S/C8H8F3NO4S2/c9-8(10,11)12-18(15,16)7(17(13)14)6-4-2-1-3-5-6/h1-5,7,12H,(H,13,14)/p-1. The molecule has 0 spiro atoms. The first-order valence-corrected chi connectivity index (χ1v) is 7.04. The van der Waals surface area contributed by atoms with Crippen LogP contribution in [-0.4, -0.2) is 23.5 Å². The van der Waals surface area contributed by atoms with E-state index < -0.39 is 32.0 Å². The van der Waals surface area contributed by atoms with Crippen molar-refractivity contribution in [1.29, 1.82) is 0 Å². The van der Waals surface area contributed by atoms with Crippen molar-refractivity contribution in [1.82, 2.24) is 4.72 Å². The third-order valence-corrected chi connectivity index (χ3v) is 4.99. The van der Waals surface area contributed by atoms with Gasteiger partial charge in [-0.15, -0.1) is 4.72 Å². The van der Waals surface area contributed by atoms with Gasteiger partial charge in [-0.25, -0.2) is 8.42 Å². The lowest BCUT2D eigenvalue weighted by atomic mass is 10.2. The van der Waals surface area contributed by atoms with Gasteiger partial charge < -0.3 is 4.55 Å². The van der Waals surface area contributed by atoms with Crippen molar-refractivity contribution in [2.75, 3.05) is 0 Å². The molecule has 2 unspecified atom stereocenters. The molecule has 0 fully saturated rings. The van der Waals surface area contributed by atoms with Crippen molar-refractivity contribution >= 4 is 21.1 Å². The molecular formula is C8H7F3NO4S2-. The summed E-state index contributed by atoms with van der Waals surface area (Å²) >= 11 is -3.26. The summed E-state index contributed by atoms with van der Waals surface area (Å²) in [7, 11) is -5.12. The first-order chi connectivity index (χ1) is 8.13. The van der Waals surface area contributed by atoms with Gasteiger partial charge in [0.25, 0.3) is 0 Å². The number of benzene rings is 1. The zero-order chi connectivity index (χ0) is 14.0. The van der Waals surface area contributed by atoms with E-state index in [4.69, 9.17) is 0 Å². The van der Waals surface area contributed by atoms with Crippen LogP contribution in [0.3, 0.4) is 0 Å². The molecule has 0 saturated carbocycles. The molecule has 5 nitrogen and oxygen atoms in total. The topological polar surface area (TPSA) is 86.3 Å². The largest absolute Gasteiger partial charge is 0.771 e. The van der Waals surface area contributed by atoms with Gasteiger partial charge in [-0.2, -0.15) is 13.2 Å². The predicted molar refractivity (Wildman–Crippen MR) is 56.2 cm³/mol. The van der Waals surface area contributed by atoms with Gasteiger partial charge in [-0.05, 0) is 16.6 Å². The number of sulfonamides is 1. The second-order valence-corrected chi connectivity index (χ2v) is 6.20. The SMILES string of the molecule is O=S([O-])C(c1ccccc1)S(=O)(=O)NC(F)(F)F. The minimum Gasteiger partial charge on any atom is -0.771 e. The average Bonchev–Trinajstić information content (AvgIpc) is 2.13. The molecule has 0 bridgehead atoms. The molecule has 0 aromatic heterocycles. The van der Waals surface area contributed by atoms with Gasteiger partial charge in [0.2, 0.25) is 10.0 Å². The highest BCUT2D eigenvalue weighted by Crippen LogP contribution is 2.26. The van der Waals surface area contributed by atoms with Crippen LogP contribution < -0.4 is 4.72 Å². The monoisotopic (exact) mass is 302 g/mol. The van der Waals surface area contributed by atoms with Gasteiger partial charge in [0, 0.05) is 0 Å². The Morgan fingerprint density at radius 3 is 2.11 bits per heavy atom. The van der Waals surface area contributed by atoms with E-state index in [-0.39, 0.29) is 5.56 Å². The predicted octanol–water partition coefficient (Wildman–Crippen LogP) is 1.00. The van der Waals surface area contributed by atoms with Crippen LogP contribution in [0.15, 0.2) is 30.3 Å². The Kier molecular flexibility index (Phi) is 4.48. The van der Waals surface area contributed by atoms with E-state index >= 15 is 0 Å². The molecule has 2 atom stereocenters. The van der Waals surface area contributed by atoms with Crippen LogP contribution in [0.1, 0.15) is 10.1 Å². The molecule has 0 aliphatic rings. The number of nitrogens with one attached hydrogen (secondary N) is 1. The van der Waals surface area contributed by atoms with E-state index in [2.05, 4.69) is 0 Å². The maximum atomic E-state index is 12.0. The average molecular weight is 302 g/mol. The summed E-state index contributed by atoms with van der Waals surface area (Å²) < 4.78 is 78.5. The van der Waals surface area contributed by atoms with Crippen molar-refractivity contribution in [2.24, 2.45) is 0 Å². The van der Waals surface area contributed by atoms with Crippen LogP contribution >= 0.6 is 0 Å². The lowest BCUT2D eigenvalue weighted by Crippen LogP contribution is -2.41. The Labute approximate surface area is 103 Å². The van der Waals surface area contributed by atoms with E-state index in [1.165, 1.54) is 18.2 Å². The Morgan fingerprint density at radius 1 is 1.22 bits per heavy atom. The lowest BCUT2D eigenvalue weighted by molar-refractivity contribution is -0.138. The van der Waals surface area contributed by atoms with Crippen molar-refractivity contribution in [2.45, 2.75) is 10.9 Å². The number of rotatable bonds is 4.